The van der Waals surface area contributed by atoms with Crippen molar-refractivity contribution >= 4 is 44.7 Å². The van der Waals surface area contributed by atoms with Crippen molar-refractivity contribution in [1.29, 1.82) is 0 Å². The molecule has 0 atom stereocenters. The Morgan fingerprint density at radius 3 is 2.75 bits per heavy atom. The van der Waals surface area contributed by atoms with Gasteiger partial charge in [-0.3, -0.25) is 4.79 Å². The minimum Gasteiger partial charge on any atom is -0.325 e. The van der Waals surface area contributed by atoms with Crippen LogP contribution in [-0.2, 0) is 21.9 Å². The lowest BCUT2D eigenvalue weighted by atomic mass is 10.2. The molecule has 11 heteroatoms. The first-order valence-electron chi connectivity index (χ1n) is 8.22. The van der Waals surface area contributed by atoms with Gasteiger partial charge in [0.25, 0.3) is 0 Å². The van der Waals surface area contributed by atoms with Crippen LogP contribution in [0.3, 0.4) is 0 Å². The summed E-state index contributed by atoms with van der Waals surface area (Å²) < 4.78 is 28.2. The molecular formula is C17H19N5O3S3. The van der Waals surface area contributed by atoms with Crippen LogP contribution < -0.4 is 10.0 Å². The lowest BCUT2D eigenvalue weighted by Gasteiger charge is -2.10. The molecule has 0 radical (unpaired) electrons. The number of thioether (sulfide) groups is 1. The first-order valence-corrected chi connectivity index (χ1v) is 11.6. The molecule has 0 saturated heterocycles. The van der Waals surface area contributed by atoms with E-state index in [1.807, 2.05) is 29.1 Å². The normalized spacial score (nSPS) is 11.5. The van der Waals surface area contributed by atoms with Crippen LogP contribution >= 0.6 is 23.1 Å². The second kappa shape index (κ2) is 8.43. The van der Waals surface area contributed by atoms with Crippen LogP contribution in [0.1, 0.15) is 5.56 Å². The van der Waals surface area contributed by atoms with Gasteiger partial charge in [-0.1, -0.05) is 23.9 Å². The highest BCUT2D eigenvalue weighted by Gasteiger charge is 2.17. The lowest BCUT2D eigenvalue weighted by molar-refractivity contribution is -0.113. The molecule has 0 aliphatic heterocycles. The Hall–Kier alpha value is -2.21. The van der Waals surface area contributed by atoms with E-state index < -0.39 is 10.0 Å². The van der Waals surface area contributed by atoms with E-state index in [0.29, 0.717) is 16.4 Å². The zero-order chi connectivity index (χ0) is 20.3. The molecule has 2 N–H and O–H groups in total. The first kappa shape index (κ1) is 20.5. The van der Waals surface area contributed by atoms with E-state index in [4.69, 9.17) is 0 Å². The number of nitrogens with one attached hydrogen (secondary N) is 2. The molecule has 1 amide bonds. The maximum atomic E-state index is 12.3. The summed E-state index contributed by atoms with van der Waals surface area (Å²) in [6, 6.07) is 8.68. The summed E-state index contributed by atoms with van der Waals surface area (Å²) in [6.45, 7) is 1.70. The Morgan fingerprint density at radius 1 is 1.29 bits per heavy atom. The van der Waals surface area contributed by atoms with Gasteiger partial charge in [-0.25, -0.2) is 13.1 Å². The van der Waals surface area contributed by atoms with Crippen molar-refractivity contribution in [2.45, 2.75) is 17.0 Å². The standard InChI is InChI=1S/C17H19N5O3S3/c1-11-6-7-12(9-14(11)28(24,25)18-2)19-15(23)10-27-17-21-20-16(22(17)3)13-5-4-8-26-13/h4-9,18H,10H2,1-3H3,(H,19,23). The molecule has 0 spiro atoms. The zero-order valence-corrected chi connectivity index (χ0v) is 17.9. The molecule has 0 unspecified atom stereocenters. The number of benzene rings is 1. The summed E-state index contributed by atoms with van der Waals surface area (Å²) in [5, 5.41) is 13.6. The zero-order valence-electron chi connectivity index (χ0n) is 15.5. The molecule has 148 valence electrons. The molecule has 0 aliphatic rings. The highest BCUT2D eigenvalue weighted by molar-refractivity contribution is 7.99. The lowest BCUT2D eigenvalue weighted by Crippen LogP contribution is -2.20. The number of amides is 1. The number of anilines is 1. The van der Waals surface area contributed by atoms with Crippen LogP contribution in [0, 0.1) is 6.92 Å². The Bertz CT molecular complexity index is 1090. The summed E-state index contributed by atoms with van der Waals surface area (Å²) >= 11 is 2.83. The van der Waals surface area contributed by atoms with Gasteiger partial charge in [0.05, 0.1) is 15.5 Å². The van der Waals surface area contributed by atoms with Gasteiger partial charge in [0.15, 0.2) is 11.0 Å². The average molecular weight is 438 g/mol. The Labute approximate surface area is 171 Å². The van der Waals surface area contributed by atoms with Crippen molar-refractivity contribution in [3.8, 4) is 10.7 Å². The van der Waals surface area contributed by atoms with Crippen LogP contribution in [0.15, 0.2) is 45.8 Å². The van der Waals surface area contributed by atoms with Gasteiger partial charge in [-0.15, -0.1) is 21.5 Å². The predicted molar refractivity (Wildman–Crippen MR) is 111 cm³/mol. The van der Waals surface area contributed by atoms with E-state index >= 15 is 0 Å². The number of hydrogen-bond acceptors (Lipinski definition) is 7. The van der Waals surface area contributed by atoms with E-state index in [-0.39, 0.29) is 16.6 Å². The molecule has 3 aromatic rings. The van der Waals surface area contributed by atoms with E-state index in [0.717, 1.165) is 10.7 Å². The maximum Gasteiger partial charge on any atom is 0.240 e. The molecule has 3 rings (SSSR count). The third-order valence-electron chi connectivity index (χ3n) is 3.94. The topological polar surface area (TPSA) is 106 Å². The van der Waals surface area contributed by atoms with E-state index in [9.17, 15) is 13.2 Å². The molecular weight excluding hydrogens is 418 g/mol. The quantitative estimate of drug-likeness (QED) is 0.550. The molecule has 28 heavy (non-hydrogen) atoms. The molecule has 0 bridgehead atoms. The number of aryl methyl sites for hydroxylation is 1. The number of carbonyl (C=O) groups is 1. The SMILES string of the molecule is CNS(=O)(=O)c1cc(NC(=O)CSc2nnc(-c3cccs3)n2C)ccc1C. The first-order chi connectivity index (χ1) is 13.3. The van der Waals surface area contributed by atoms with Crippen LogP contribution in [0.2, 0.25) is 0 Å². The number of sulfonamides is 1. The fourth-order valence-electron chi connectivity index (χ4n) is 2.47. The van der Waals surface area contributed by atoms with E-state index in [2.05, 4.69) is 20.2 Å². The highest BCUT2D eigenvalue weighted by Crippen LogP contribution is 2.26. The van der Waals surface area contributed by atoms with Crippen molar-refractivity contribution in [3.05, 3.63) is 41.3 Å². The monoisotopic (exact) mass is 437 g/mol. The van der Waals surface area contributed by atoms with Gasteiger partial charge in [0.2, 0.25) is 15.9 Å². The highest BCUT2D eigenvalue weighted by atomic mass is 32.2. The van der Waals surface area contributed by atoms with Gasteiger partial charge in [0, 0.05) is 12.7 Å². The van der Waals surface area contributed by atoms with Crippen LogP contribution in [0.25, 0.3) is 10.7 Å². The summed E-state index contributed by atoms with van der Waals surface area (Å²) in [6.07, 6.45) is 0. The van der Waals surface area contributed by atoms with Gasteiger partial charge in [-0.2, -0.15) is 0 Å². The van der Waals surface area contributed by atoms with Crippen molar-refractivity contribution in [2.24, 2.45) is 7.05 Å². The number of carbonyl (C=O) groups excluding carboxylic acids is 1. The number of aromatic nitrogens is 3. The van der Waals surface area contributed by atoms with Crippen molar-refractivity contribution in [1.82, 2.24) is 19.5 Å². The van der Waals surface area contributed by atoms with Gasteiger partial charge in [0.1, 0.15) is 0 Å². The molecule has 0 fully saturated rings. The summed E-state index contributed by atoms with van der Waals surface area (Å²) in [5.41, 5.74) is 1.02. The number of nitrogens with zero attached hydrogens (tertiary/aromatic N) is 3. The molecule has 8 nitrogen and oxygen atoms in total. The van der Waals surface area contributed by atoms with Gasteiger partial charge < -0.3 is 9.88 Å². The van der Waals surface area contributed by atoms with Crippen molar-refractivity contribution in [3.63, 3.8) is 0 Å². The Balaban J connectivity index is 1.67. The summed E-state index contributed by atoms with van der Waals surface area (Å²) in [5.74, 6) is 0.610. The molecule has 0 aliphatic carbocycles. The fraction of sp³-hybridized carbons (Fsp3) is 0.235. The average Bonchev–Trinajstić information content (AvgIpc) is 3.31. The Morgan fingerprint density at radius 2 is 2.07 bits per heavy atom. The van der Waals surface area contributed by atoms with Gasteiger partial charge >= 0.3 is 0 Å². The molecule has 2 aromatic heterocycles. The molecule has 1 aromatic carbocycles. The third kappa shape index (κ3) is 4.43. The third-order valence-corrected chi connectivity index (χ3v) is 7.38. The molecule has 0 saturated carbocycles. The van der Waals surface area contributed by atoms with Crippen molar-refractivity contribution in [2.75, 3.05) is 18.1 Å². The summed E-state index contributed by atoms with van der Waals surface area (Å²) in [4.78, 5) is 13.4. The van der Waals surface area contributed by atoms with Crippen LogP contribution in [0.5, 0.6) is 0 Å². The number of thiophene rings is 1. The maximum absolute atomic E-state index is 12.3. The fourth-order valence-corrected chi connectivity index (χ4v) is 4.91. The minimum absolute atomic E-state index is 0.123. The smallest absolute Gasteiger partial charge is 0.240 e. The van der Waals surface area contributed by atoms with Crippen molar-refractivity contribution < 1.29 is 13.2 Å². The number of rotatable bonds is 7. The minimum atomic E-state index is -3.59. The van der Waals surface area contributed by atoms with E-state index in [1.54, 1.807) is 30.4 Å². The number of hydrogen-bond donors (Lipinski definition) is 2. The largest absolute Gasteiger partial charge is 0.325 e. The van der Waals surface area contributed by atoms with E-state index in [1.165, 1.54) is 24.9 Å². The van der Waals surface area contributed by atoms with Gasteiger partial charge in [-0.05, 0) is 43.1 Å². The second-order valence-corrected chi connectivity index (χ2v) is 9.61. The second-order valence-electron chi connectivity index (χ2n) is 5.87. The van der Waals surface area contributed by atoms with Crippen LogP contribution in [-0.4, -0.2) is 41.9 Å². The predicted octanol–water partition coefficient (Wildman–Crippen LogP) is 2.49. The summed E-state index contributed by atoms with van der Waals surface area (Å²) in [7, 11) is -0.393. The van der Waals surface area contributed by atoms with Crippen LogP contribution in [0.4, 0.5) is 5.69 Å². The molecule has 2 heterocycles. The Kier molecular flexibility index (Phi) is 6.18.